The molecule has 0 atom stereocenters. The lowest BCUT2D eigenvalue weighted by Crippen LogP contribution is -2.58. The van der Waals surface area contributed by atoms with Crippen LogP contribution in [0, 0.1) is 0 Å². The van der Waals surface area contributed by atoms with Crippen molar-refractivity contribution in [3.05, 3.63) is 11.8 Å². The summed E-state index contributed by atoms with van der Waals surface area (Å²) < 4.78 is 5.23. The van der Waals surface area contributed by atoms with Gasteiger partial charge < -0.3 is 9.64 Å². The van der Waals surface area contributed by atoms with E-state index in [1.165, 1.54) is 0 Å². The number of nitrogens with zero attached hydrogens (tertiary/aromatic N) is 1. The van der Waals surface area contributed by atoms with Gasteiger partial charge in [0.05, 0.1) is 6.61 Å². The van der Waals surface area contributed by atoms with Crippen LogP contribution < -0.4 is 0 Å². The number of hydrogen-bond acceptors (Lipinski definition) is 2. The summed E-state index contributed by atoms with van der Waals surface area (Å²) in [4.78, 5) is 13.7. The molecular weight excluding hydrogens is 166 g/mol. The van der Waals surface area contributed by atoms with E-state index >= 15 is 0 Å². The molecule has 0 aromatic heterocycles. The first-order valence-electron chi connectivity index (χ1n) is 4.76. The Morgan fingerprint density at radius 3 is 2.77 bits per heavy atom. The normalized spacial score (nSPS) is 24.8. The number of likely N-dealkylation sites (tertiary alicyclic amines) is 1. The quantitative estimate of drug-likeness (QED) is 0.610. The van der Waals surface area contributed by atoms with Crippen molar-refractivity contribution in [2.45, 2.75) is 32.2 Å². The van der Waals surface area contributed by atoms with Crippen LogP contribution in [0.25, 0.3) is 0 Å². The highest BCUT2D eigenvalue weighted by atomic mass is 16.5. The van der Waals surface area contributed by atoms with Crippen molar-refractivity contribution < 1.29 is 9.53 Å². The van der Waals surface area contributed by atoms with E-state index < -0.39 is 0 Å². The van der Waals surface area contributed by atoms with Gasteiger partial charge in [-0.25, -0.2) is 0 Å². The molecule has 0 saturated carbocycles. The molecule has 0 aromatic rings. The molecule has 2 rings (SSSR count). The van der Waals surface area contributed by atoms with Gasteiger partial charge in [0.2, 0.25) is 0 Å². The van der Waals surface area contributed by atoms with E-state index in [2.05, 4.69) is 13.8 Å². The third kappa shape index (κ3) is 1.32. The predicted octanol–water partition coefficient (Wildman–Crippen LogP) is 1.30. The van der Waals surface area contributed by atoms with Gasteiger partial charge in [0.1, 0.15) is 0 Å². The predicted molar refractivity (Wildman–Crippen MR) is 49.1 cm³/mol. The van der Waals surface area contributed by atoms with Crippen LogP contribution in [0.5, 0.6) is 0 Å². The van der Waals surface area contributed by atoms with Crippen molar-refractivity contribution in [1.82, 2.24) is 4.90 Å². The van der Waals surface area contributed by atoms with Gasteiger partial charge in [-0.1, -0.05) is 0 Å². The number of ether oxygens (including phenoxy) is 1. The highest BCUT2D eigenvalue weighted by molar-refractivity contribution is 5.92. The Labute approximate surface area is 78.4 Å². The van der Waals surface area contributed by atoms with E-state index in [4.69, 9.17) is 4.74 Å². The van der Waals surface area contributed by atoms with Crippen LogP contribution in [0.1, 0.15) is 26.7 Å². The first kappa shape index (κ1) is 8.60. The molecule has 72 valence electrons. The molecule has 2 aliphatic rings. The van der Waals surface area contributed by atoms with E-state index in [1.54, 1.807) is 0 Å². The maximum atomic E-state index is 11.8. The minimum Gasteiger partial charge on any atom is -0.488 e. The van der Waals surface area contributed by atoms with Crippen molar-refractivity contribution in [3.8, 4) is 0 Å². The van der Waals surface area contributed by atoms with Crippen LogP contribution in [0.4, 0.5) is 0 Å². The summed E-state index contributed by atoms with van der Waals surface area (Å²) in [5, 5.41) is 0. The van der Waals surface area contributed by atoms with Gasteiger partial charge in [0.25, 0.3) is 5.91 Å². The van der Waals surface area contributed by atoms with E-state index in [-0.39, 0.29) is 11.4 Å². The second-order valence-corrected chi connectivity index (χ2v) is 4.22. The number of carbonyl (C=O) groups excluding carboxylic acids is 1. The molecule has 2 heterocycles. The molecular formula is C10H15NO2. The Balaban J connectivity index is 2.05. The average Bonchev–Trinajstić information content (AvgIpc) is 2.54. The van der Waals surface area contributed by atoms with Crippen molar-refractivity contribution in [2.24, 2.45) is 0 Å². The Hall–Kier alpha value is -0.990. The Kier molecular flexibility index (Phi) is 1.82. The smallest absolute Gasteiger partial charge is 0.289 e. The van der Waals surface area contributed by atoms with E-state index in [9.17, 15) is 4.79 Å². The molecule has 13 heavy (non-hydrogen) atoms. The van der Waals surface area contributed by atoms with Gasteiger partial charge in [0.15, 0.2) is 5.76 Å². The largest absolute Gasteiger partial charge is 0.488 e. The number of hydrogen-bond donors (Lipinski definition) is 0. The van der Waals surface area contributed by atoms with E-state index in [0.717, 1.165) is 19.4 Å². The topological polar surface area (TPSA) is 29.5 Å². The van der Waals surface area contributed by atoms with Crippen molar-refractivity contribution in [3.63, 3.8) is 0 Å². The molecule has 1 amide bonds. The summed E-state index contributed by atoms with van der Waals surface area (Å²) in [6.07, 6.45) is 3.85. The summed E-state index contributed by atoms with van der Waals surface area (Å²) in [6.45, 7) is 5.70. The van der Waals surface area contributed by atoms with Gasteiger partial charge in [-0.15, -0.1) is 0 Å². The highest BCUT2D eigenvalue weighted by Crippen LogP contribution is 2.31. The van der Waals surface area contributed by atoms with Crippen LogP contribution >= 0.6 is 0 Å². The molecule has 1 fully saturated rings. The summed E-state index contributed by atoms with van der Waals surface area (Å²) in [5.41, 5.74) is 0.0316. The summed E-state index contributed by atoms with van der Waals surface area (Å²) in [5.74, 6) is 0.613. The SMILES string of the molecule is CC1(C)CCN1C(=O)C1=CCCO1. The zero-order valence-electron chi connectivity index (χ0n) is 8.17. The Morgan fingerprint density at radius 1 is 1.62 bits per heavy atom. The molecule has 0 unspecified atom stereocenters. The standard InChI is InChI=1S/C10H15NO2/c1-10(2)5-6-11(10)9(12)8-4-3-7-13-8/h4H,3,5-7H2,1-2H3. The molecule has 0 N–H and O–H groups in total. The van der Waals surface area contributed by atoms with Crippen molar-refractivity contribution >= 4 is 5.91 Å². The molecule has 1 saturated heterocycles. The lowest BCUT2D eigenvalue weighted by Gasteiger charge is -2.48. The van der Waals surface area contributed by atoms with Crippen molar-refractivity contribution in [2.75, 3.05) is 13.2 Å². The minimum atomic E-state index is 0.0316. The van der Waals surface area contributed by atoms with Crippen LogP contribution in [-0.2, 0) is 9.53 Å². The lowest BCUT2D eigenvalue weighted by atomic mass is 9.89. The summed E-state index contributed by atoms with van der Waals surface area (Å²) in [7, 11) is 0. The Bertz CT molecular complexity index is 268. The molecule has 0 radical (unpaired) electrons. The molecule has 0 aromatic carbocycles. The maximum Gasteiger partial charge on any atom is 0.289 e. The zero-order valence-corrected chi connectivity index (χ0v) is 8.17. The number of rotatable bonds is 1. The number of carbonyl (C=O) groups is 1. The van der Waals surface area contributed by atoms with Crippen LogP contribution in [0.3, 0.4) is 0 Å². The van der Waals surface area contributed by atoms with Gasteiger partial charge in [-0.05, 0) is 26.3 Å². The van der Waals surface area contributed by atoms with E-state index in [1.807, 2.05) is 11.0 Å². The molecule has 2 aliphatic heterocycles. The van der Waals surface area contributed by atoms with Gasteiger partial charge >= 0.3 is 0 Å². The first-order valence-corrected chi connectivity index (χ1v) is 4.76. The third-order valence-electron chi connectivity index (χ3n) is 2.84. The number of amides is 1. The summed E-state index contributed by atoms with van der Waals surface area (Å²) in [6, 6.07) is 0. The van der Waals surface area contributed by atoms with Crippen molar-refractivity contribution in [1.29, 1.82) is 0 Å². The molecule has 3 nitrogen and oxygen atoms in total. The second kappa shape index (κ2) is 2.76. The molecule has 3 heteroatoms. The molecule has 0 aliphatic carbocycles. The fourth-order valence-corrected chi connectivity index (χ4v) is 1.75. The van der Waals surface area contributed by atoms with Crippen LogP contribution in [0.15, 0.2) is 11.8 Å². The zero-order chi connectivity index (χ0) is 9.47. The van der Waals surface area contributed by atoms with Gasteiger partial charge in [-0.2, -0.15) is 0 Å². The lowest BCUT2D eigenvalue weighted by molar-refractivity contribution is -0.143. The van der Waals surface area contributed by atoms with Crippen LogP contribution in [0.2, 0.25) is 0 Å². The Morgan fingerprint density at radius 2 is 2.38 bits per heavy atom. The summed E-state index contributed by atoms with van der Waals surface area (Å²) >= 11 is 0. The monoisotopic (exact) mass is 181 g/mol. The first-order chi connectivity index (χ1) is 6.11. The maximum absolute atomic E-state index is 11.8. The minimum absolute atomic E-state index is 0.0316. The molecule has 0 bridgehead atoms. The highest BCUT2D eigenvalue weighted by Gasteiger charge is 2.41. The average molecular weight is 181 g/mol. The fourth-order valence-electron chi connectivity index (χ4n) is 1.75. The van der Waals surface area contributed by atoms with Gasteiger partial charge in [-0.3, -0.25) is 4.79 Å². The van der Waals surface area contributed by atoms with Gasteiger partial charge in [0, 0.05) is 18.5 Å². The third-order valence-corrected chi connectivity index (χ3v) is 2.84. The second-order valence-electron chi connectivity index (χ2n) is 4.22. The van der Waals surface area contributed by atoms with E-state index in [0.29, 0.717) is 12.4 Å². The fraction of sp³-hybridized carbons (Fsp3) is 0.700. The molecule has 0 spiro atoms. The van der Waals surface area contributed by atoms with Crippen LogP contribution in [-0.4, -0.2) is 29.5 Å².